The van der Waals surface area contributed by atoms with Crippen molar-refractivity contribution in [3.63, 3.8) is 0 Å². The van der Waals surface area contributed by atoms with E-state index in [0.29, 0.717) is 12.2 Å². The minimum Gasteiger partial charge on any atom is -0.497 e. The van der Waals surface area contributed by atoms with E-state index in [1.807, 2.05) is 30.3 Å². The Hall–Kier alpha value is -2.09. The van der Waals surface area contributed by atoms with Crippen LogP contribution >= 0.6 is 0 Å². The van der Waals surface area contributed by atoms with E-state index in [1.165, 1.54) is 26.4 Å². The number of hydrogen-bond donors (Lipinski definition) is 2. The first-order chi connectivity index (χ1) is 11.5. The first-order valence-electron chi connectivity index (χ1n) is 7.39. The van der Waals surface area contributed by atoms with E-state index in [4.69, 9.17) is 9.47 Å². The van der Waals surface area contributed by atoms with Crippen molar-refractivity contribution in [1.29, 1.82) is 0 Å². The smallest absolute Gasteiger partial charge is 0.244 e. The van der Waals surface area contributed by atoms with Crippen molar-refractivity contribution in [2.75, 3.05) is 20.8 Å². The Labute approximate surface area is 142 Å². The van der Waals surface area contributed by atoms with E-state index in [1.54, 1.807) is 6.07 Å². The zero-order chi connectivity index (χ0) is 17.6. The zero-order valence-corrected chi connectivity index (χ0v) is 14.4. The molecule has 2 N–H and O–H groups in total. The van der Waals surface area contributed by atoms with Gasteiger partial charge in [0.05, 0.1) is 20.8 Å². The average Bonchev–Trinajstić information content (AvgIpc) is 2.61. The van der Waals surface area contributed by atoms with Gasteiger partial charge in [-0.05, 0) is 24.1 Å². The van der Waals surface area contributed by atoms with Crippen LogP contribution in [0.25, 0.3) is 0 Å². The maximum atomic E-state index is 12.6. The molecule has 0 saturated heterocycles. The monoisotopic (exact) mass is 351 g/mol. The second kappa shape index (κ2) is 8.14. The molecule has 1 atom stereocenters. The lowest BCUT2D eigenvalue weighted by atomic mass is 10.1. The van der Waals surface area contributed by atoms with E-state index >= 15 is 0 Å². The summed E-state index contributed by atoms with van der Waals surface area (Å²) in [5.74, 6) is 0.673. The van der Waals surface area contributed by atoms with Crippen LogP contribution in [-0.4, -0.2) is 40.4 Å². The molecule has 0 aliphatic carbocycles. The summed E-state index contributed by atoms with van der Waals surface area (Å²) in [6, 6.07) is 13.2. The lowest BCUT2D eigenvalue weighted by Crippen LogP contribution is -2.39. The zero-order valence-electron chi connectivity index (χ0n) is 13.6. The standard InChI is InChI=1S/C17H21NO5S/c1-22-15-8-9-17(16(11-15)23-2)24(20,21)18-14(12-19)10-13-6-4-3-5-7-13/h3-9,11,14,18-19H,10,12H2,1-2H3. The van der Waals surface area contributed by atoms with E-state index in [0.717, 1.165) is 5.56 Å². The van der Waals surface area contributed by atoms with Crippen LogP contribution in [0.2, 0.25) is 0 Å². The second-order valence-corrected chi connectivity index (χ2v) is 6.89. The highest BCUT2D eigenvalue weighted by Crippen LogP contribution is 2.28. The molecule has 0 amide bonds. The van der Waals surface area contributed by atoms with Crippen LogP contribution in [-0.2, 0) is 16.4 Å². The molecular formula is C17H21NO5S. The van der Waals surface area contributed by atoms with Gasteiger partial charge in [0.2, 0.25) is 10.0 Å². The van der Waals surface area contributed by atoms with Crippen molar-refractivity contribution in [2.24, 2.45) is 0 Å². The lowest BCUT2D eigenvalue weighted by molar-refractivity contribution is 0.256. The van der Waals surface area contributed by atoms with Gasteiger partial charge in [0.15, 0.2) is 0 Å². The van der Waals surface area contributed by atoms with Crippen molar-refractivity contribution in [2.45, 2.75) is 17.4 Å². The normalized spacial score (nSPS) is 12.6. The van der Waals surface area contributed by atoms with Crippen molar-refractivity contribution in [3.05, 3.63) is 54.1 Å². The van der Waals surface area contributed by atoms with Gasteiger partial charge >= 0.3 is 0 Å². The van der Waals surface area contributed by atoms with Gasteiger partial charge in [0.1, 0.15) is 16.4 Å². The van der Waals surface area contributed by atoms with E-state index in [2.05, 4.69) is 4.72 Å². The molecule has 0 aliphatic heterocycles. The van der Waals surface area contributed by atoms with Crippen LogP contribution in [0.5, 0.6) is 11.5 Å². The Bertz CT molecular complexity index is 762. The van der Waals surface area contributed by atoms with Crippen LogP contribution in [0.15, 0.2) is 53.4 Å². The Balaban J connectivity index is 2.23. The molecule has 0 aromatic heterocycles. The Morgan fingerprint density at radius 1 is 1.08 bits per heavy atom. The van der Waals surface area contributed by atoms with Crippen LogP contribution < -0.4 is 14.2 Å². The topological polar surface area (TPSA) is 84.9 Å². The molecule has 2 aromatic rings. The summed E-state index contributed by atoms with van der Waals surface area (Å²) in [6.45, 7) is -0.313. The predicted molar refractivity (Wildman–Crippen MR) is 90.9 cm³/mol. The van der Waals surface area contributed by atoms with Gasteiger partial charge in [0, 0.05) is 12.1 Å². The van der Waals surface area contributed by atoms with Gasteiger partial charge in [-0.15, -0.1) is 0 Å². The van der Waals surface area contributed by atoms with Gasteiger partial charge in [0.25, 0.3) is 0 Å². The van der Waals surface area contributed by atoms with Crippen molar-refractivity contribution >= 4 is 10.0 Å². The molecule has 0 saturated carbocycles. The Morgan fingerprint density at radius 2 is 1.79 bits per heavy atom. The molecule has 2 rings (SSSR count). The molecule has 0 aliphatic rings. The highest BCUT2D eigenvalue weighted by atomic mass is 32.2. The summed E-state index contributed by atoms with van der Waals surface area (Å²) in [5, 5.41) is 9.53. The van der Waals surface area contributed by atoms with Crippen LogP contribution in [0, 0.1) is 0 Å². The largest absolute Gasteiger partial charge is 0.497 e. The van der Waals surface area contributed by atoms with Crippen molar-refractivity contribution in [3.8, 4) is 11.5 Å². The molecule has 0 heterocycles. The molecule has 6 nitrogen and oxygen atoms in total. The third kappa shape index (κ3) is 4.47. The van der Waals surface area contributed by atoms with Crippen LogP contribution in [0.3, 0.4) is 0 Å². The second-order valence-electron chi connectivity index (χ2n) is 5.21. The molecular weight excluding hydrogens is 330 g/mol. The van der Waals surface area contributed by atoms with Gasteiger partial charge in [-0.2, -0.15) is 0 Å². The summed E-state index contributed by atoms with van der Waals surface area (Å²) in [5.41, 5.74) is 0.931. The number of hydrogen-bond acceptors (Lipinski definition) is 5. The third-order valence-corrected chi connectivity index (χ3v) is 5.09. The quantitative estimate of drug-likeness (QED) is 0.754. The number of methoxy groups -OCH3 is 2. The molecule has 0 radical (unpaired) electrons. The number of sulfonamides is 1. The van der Waals surface area contributed by atoms with Gasteiger partial charge in [-0.25, -0.2) is 13.1 Å². The minimum absolute atomic E-state index is 0.00249. The van der Waals surface area contributed by atoms with Crippen molar-refractivity contribution in [1.82, 2.24) is 4.72 Å². The fraction of sp³-hybridized carbons (Fsp3) is 0.294. The van der Waals surface area contributed by atoms with Crippen molar-refractivity contribution < 1.29 is 23.0 Å². The fourth-order valence-electron chi connectivity index (χ4n) is 2.32. The minimum atomic E-state index is -3.85. The number of benzene rings is 2. The highest BCUT2D eigenvalue weighted by molar-refractivity contribution is 7.89. The first-order valence-corrected chi connectivity index (χ1v) is 8.87. The molecule has 130 valence electrons. The molecule has 1 unspecified atom stereocenters. The molecule has 7 heteroatoms. The predicted octanol–water partition coefficient (Wildman–Crippen LogP) is 1.59. The summed E-state index contributed by atoms with van der Waals surface area (Å²) in [4.78, 5) is -0.00249. The Kier molecular flexibility index (Phi) is 6.19. The lowest BCUT2D eigenvalue weighted by Gasteiger charge is -2.18. The van der Waals surface area contributed by atoms with E-state index in [9.17, 15) is 13.5 Å². The number of ether oxygens (including phenoxy) is 2. The maximum Gasteiger partial charge on any atom is 0.244 e. The van der Waals surface area contributed by atoms with E-state index in [-0.39, 0.29) is 17.3 Å². The summed E-state index contributed by atoms with van der Waals surface area (Å²) in [7, 11) is -0.971. The molecule has 24 heavy (non-hydrogen) atoms. The first kappa shape index (κ1) is 18.3. The van der Waals surface area contributed by atoms with Gasteiger partial charge in [-0.3, -0.25) is 0 Å². The number of nitrogens with one attached hydrogen (secondary N) is 1. The Morgan fingerprint density at radius 3 is 2.38 bits per heavy atom. The molecule has 2 aromatic carbocycles. The van der Waals surface area contributed by atoms with E-state index < -0.39 is 16.1 Å². The van der Waals surface area contributed by atoms with Gasteiger partial charge < -0.3 is 14.6 Å². The van der Waals surface area contributed by atoms with Gasteiger partial charge in [-0.1, -0.05) is 30.3 Å². The number of aliphatic hydroxyl groups is 1. The highest BCUT2D eigenvalue weighted by Gasteiger charge is 2.24. The number of rotatable bonds is 8. The average molecular weight is 351 g/mol. The SMILES string of the molecule is COc1ccc(S(=O)(=O)NC(CO)Cc2ccccc2)c(OC)c1. The summed E-state index contributed by atoms with van der Waals surface area (Å²) in [6.07, 6.45) is 0.384. The maximum absolute atomic E-state index is 12.6. The summed E-state index contributed by atoms with van der Waals surface area (Å²) >= 11 is 0. The number of aliphatic hydroxyl groups excluding tert-OH is 1. The van der Waals surface area contributed by atoms with Crippen LogP contribution in [0.1, 0.15) is 5.56 Å². The summed E-state index contributed by atoms with van der Waals surface area (Å²) < 4.78 is 38.0. The molecule has 0 bridgehead atoms. The molecule has 0 fully saturated rings. The fourth-order valence-corrected chi connectivity index (χ4v) is 3.70. The molecule has 0 spiro atoms. The van der Waals surface area contributed by atoms with Crippen LogP contribution in [0.4, 0.5) is 0 Å². The third-order valence-electron chi connectivity index (χ3n) is 3.53.